The quantitative estimate of drug-likeness (QED) is 0.616. The van der Waals surface area contributed by atoms with Crippen molar-refractivity contribution < 1.29 is 13.9 Å². The Morgan fingerprint density at radius 1 is 1.60 bits per heavy atom. The topological polar surface area (TPSA) is 26.3 Å². The molecule has 0 aliphatic rings. The highest BCUT2D eigenvalue weighted by molar-refractivity contribution is 9.10. The summed E-state index contributed by atoms with van der Waals surface area (Å²) in [6.45, 7) is 1.56. The SMILES string of the molecule is COC(=O)C(C)c1ccc(Br)c(Cl)c1F. The fourth-order valence-electron chi connectivity index (χ4n) is 1.18. The summed E-state index contributed by atoms with van der Waals surface area (Å²) in [4.78, 5) is 11.2. The lowest BCUT2D eigenvalue weighted by Gasteiger charge is -2.11. The summed E-state index contributed by atoms with van der Waals surface area (Å²) in [5.41, 5.74) is 0.232. The second kappa shape index (κ2) is 4.94. The van der Waals surface area contributed by atoms with E-state index in [4.69, 9.17) is 11.6 Å². The minimum Gasteiger partial charge on any atom is -0.469 e. The van der Waals surface area contributed by atoms with Crippen molar-refractivity contribution in [2.75, 3.05) is 7.11 Å². The maximum absolute atomic E-state index is 13.6. The maximum Gasteiger partial charge on any atom is 0.312 e. The zero-order chi connectivity index (χ0) is 11.6. The Kier molecular flexibility index (Phi) is 4.11. The van der Waals surface area contributed by atoms with Gasteiger partial charge in [0.2, 0.25) is 0 Å². The van der Waals surface area contributed by atoms with E-state index >= 15 is 0 Å². The number of halogens is 3. The first-order chi connectivity index (χ1) is 6.99. The first-order valence-electron chi connectivity index (χ1n) is 4.20. The highest BCUT2D eigenvalue weighted by atomic mass is 79.9. The summed E-state index contributed by atoms with van der Waals surface area (Å²) >= 11 is 8.80. The number of carbonyl (C=O) groups is 1. The van der Waals surface area contributed by atoms with Gasteiger partial charge in [-0.2, -0.15) is 0 Å². The Hall–Kier alpha value is -0.610. The molecule has 0 saturated carbocycles. The zero-order valence-corrected chi connectivity index (χ0v) is 10.5. The fourth-order valence-corrected chi connectivity index (χ4v) is 1.66. The minimum atomic E-state index is -0.666. The van der Waals surface area contributed by atoms with Crippen molar-refractivity contribution in [2.24, 2.45) is 0 Å². The highest BCUT2D eigenvalue weighted by Gasteiger charge is 2.21. The number of benzene rings is 1. The lowest BCUT2D eigenvalue weighted by molar-refractivity contribution is -0.142. The van der Waals surface area contributed by atoms with Gasteiger partial charge < -0.3 is 4.74 Å². The van der Waals surface area contributed by atoms with E-state index in [0.717, 1.165) is 0 Å². The Morgan fingerprint density at radius 3 is 2.73 bits per heavy atom. The molecule has 82 valence electrons. The Bertz CT molecular complexity index is 395. The van der Waals surface area contributed by atoms with Crippen molar-refractivity contribution >= 4 is 33.5 Å². The Morgan fingerprint density at radius 2 is 2.20 bits per heavy atom. The van der Waals surface area contributed by atoms with E-state index < -0.39 is 17.7 Å². The molecule has 1 rings (SSSR count). The maximum atomic E-state index is 13.6. The van der Waals surface area contributed by atoms with Crippen molar-refractivity contribution in [3.8, 4) is 0 Å². The van der Waals surface area contributed by atoms with Gasteiger partial charge in [0.1, 0.15) is 5.82 Å². The van der Waals surface area contributed by atoms with Crippen LogP contribution in [0.1, 0.15) is 18.4 Å². The van der Waals surface area contributed by atoms with Gasteiger partial charge in [0.05, 0.1) is 18.1 Å². The molecule has 0 aliphatic carbocycles. The second-order valence-electron chi connectivity index (χ2n) is 3.01. The van der Waals surface area contributed by atoms with Crippen LogP contribution in [0.15, 0.2) is 16.6 Å². The van der Waals surface area contributed by atoms with Gasteiger partial charge in [0.15, 0.2) is 0 Å². The van der Waals surface area contributed by atoms with E-state index in [0.29, 0.717) is 4.47 Å². The summed E-state index contributed by atoms with van der Waals surface area (Å²) < 4.78 is 18.6. The number of methoxy groups -OCH3 is 1. The molecule has 1 unspecified atom stereocenters. The van der Waals surface area contributed by atoms with E-state index in [1.807, 2.05) is 0 Å². The first kappa shape index (κ1) is 12.5. The van der Waals surface area contributed by atoms with Gasteiger partial charge >= 0.3 is 5.97 Å². The Balaban J connectivity index is 3.16. The number of ether oxygens (including phenoxy) is 1. The second-order valence-corrected chi connectivity index (χ2v) is 4.24. The molecule has 0 N–H and O–H groups in total. The van der Waals surface area contributed by atoms with Crippen LogP contribution < -0.4 is 0 Å². The predicted octanol–water partition coefficient (Wildman–Crippen LogP) is 3.52. The van der Waals surface area contributed by atoms with E-state index in [2.05, 4.69) is 20.7 Å². The number of rotatable bonds is 2. The molecule has 2 nitrogen and oxygen atoms in total. The van der Waals surface area contributed by atoms with Crippen LogP contribution in [0, 0.1) is 5.82 Å². The average Bonchev–Trinajstić information content (AvgIpc) is 2.24. The molecule has 0 heterocycles. The van der Waals surface area contributed by atoms with E-state index in [9.17, 15) is 9.18 Å². The van der Waals surface area contributed by atoms with Gasteiger partial charge in [0, 0.05) is 10.0 Å². The van der Waals surface area contributed by atoms with Crippen molar-refractivity contribution in [3.05, 3.63) is 33.0 Å². The molecule has 1 aromatic carbocycles. The Labute approximate surface area is 101 Å². The van der Waals surface area contributed by atoms with Crippen molar-refractivity contribution in [2.45, 2.75) is 12.8 Å². The number of esters is 1. The van der Waals surface area contributed by atoms with Crippen molar-refractivity contribution in [1.82, 2.24) is 0 Å². The number of hydrogen-bond acceptors (Lipinski definition) is 2. The fraction of sp³-hybridized carbons (Fsp3) is 0.300. The monoisotopic (exact) mass is 294 g/mol. The smallest absolute Gasteiger partial charge is 0.312 e. The van der Waals surface area contributed by atoms with Gasteiger partial charge in [-0.1, -0.05) is 17.7 Å². The van der Waals surface area contributed by atoms with Gasteiger partial charge in [-0.3, -0.25) is 4.79 Å². The molecule has 0 aromatic heterocycles. The van der Waals surface area contributed by atoms with Crippen LogP contribution in [-0.4, -0.2) is 13.1 Å². The first-order valence-corrected chi connectivity index (χ1v) is 5.37. The zero-order valence-electron chi connectivity index (χ0n) is 8.18. The summed E-state index contributed by atoms with van der Waals surface area (Å²) in [6, 6.07) is 3.10. The summed E-state index contributed by atoms with van der Waals surface area (Å²) in [7, 11) is 1.26. The normalized spacial score (nSPS) is 12.3. The molecule has 0 bridgehead atoms. The van der Waals surface area contributed by atoms with E-state index in [1.165, 1.54) is 13.2 Å². The third kappa shape index (κ3) is 2.49. The predicted molar refractivity (Wildman–Crippen MR) is 59.5 cm³/mol. The number of hydrogen-bond donors (Lipinski definition) is 0. The van der Waals surface area contributed by atoms with Gasteiger partial charge in [-0.25, -0.2) is 4.39 Å². The molecule has 5 heteroatoms. The van der Waals surface area contributed by atoms with Crippen LogP contribution in [0.3, 0.4) is 0 Å². The van der Waals surface area contributed by atoms with Gasteiger partial charge in [-0.05, 0) is 28.9 Å². The third-order valence-corrected chi connectivity index (χ3v) is 3.34. The van der Waals surface area contributed by atoms with Gasteiger partial charge in [-0.15, -0.1) is 0 Å². The van der Waals surface area contributed by atoms with E-state index in [1.54, 1.807) is 13.0 Å². The van der Waals surface area contributed by atoms with Crippen LogP contribution in [0.4, 0.5) is 4.39 Å². The molecular weight excluding hydrogens is 286 g/mol. The molecule has 15 heavy (non-hydrogen) atoms. The van der Waals surface area contributed by atoms with Crippen LogP contribution >= 0.6 is 27.5 Å². The highest BCUT2D eigenvalue weighted by Crippen LogP contribution is 2.31. The third-order valence-electron chi connectivity index (χ3n) is 2.09. The largest absolute Gasteiger partial charge is 0.469 e. The molecule has 0 spiro atoms. The molecule has 0 aliphatic heterocycles. The molecular formula is C10H9BrClFO2. The molecule has 1 atom stereocenters. The lowest BCUT2D eigenvalue weighted by atomic mass is 10.0. The summed E-state index contributed by atoms with van der Waals surface area (Å²) in [5, 5.41) is -0.0248. The lowest BCUT2D eigenvalue weighted by Crippen LogP contribution is -2.12. The van der Waals surface area contributed by atoms with Crippen LogP contribution in [0.25, 0.3) is 0 Å². The molecule has 0 radical (unpaired) electrons. The average molecular weight is 296 g/mol. The molecule has 1 aromatic rings. The summed E-state index contributed by atoms with van der Waals surface area (Å²) in [6.07, 6.45) is 0. The van der Waals surface area contributed by atoms with Gasteiger partial charge in [0.25, 0.3) is 0 Å². The standard InChI is InChI=1S/C10H9BrClFO2/c1-5(10(14)15-2)6-3-4-7(11)8(12)9(6)13/h3-5H,1-2H3. The molecule has 0 saturated heterocycles. The minimum absolute atomic E-state index is 0.0248. The summed E-state index contributed by atoms with van der Waals surface area (Å²) in [5.74, 6) is -1.75. The van der Waals surface area contributed by atoms with Crippen LogP contribution in [-0.2, 0) is 9.53 Å². The van der Waals surface area contributed by atoms with Crippen molar-refractivity contribution in [1.29, 1.82) is 0 Å². The van der Waals surface area contributed by atoms with Crippen LogP contribution in [0.2, 0.25) is 5.02 Å². The van der Waals surface area contributed by atoms with Crippen LogP contribution in [0.5, 0.6) is 0 Å². The molecule has 0 fully saturated rings. The van der Waals surface area contributed by atoms with Crippen molar-refractivity contribution in [3.63, 3.8) is 0 Å². The molecule has 0 amide bonds. The van der Waals surface area contributed by atoms with E-state index in [-0.39, 0.29) is 10.6 Å². The number of carbonyl (C=O) groups excluding carboxylic acids is 1.